The number of fused-ring (bicyclic) bond motifs is 1. The molecule has 0 saturated carbocycles. The van der Waals surface area contributed by atoms with Crippen molar-refractivity contribution in [2.45, 2.75) is 13.5 Å². The van der Waals surface area contributed by atoms with Crippen molar-refractivity contribution in [3.8, 4) is 0 Å². The normalized spacial score (nSPS) is 10.8. The highest BCUT2D eigenvalue weighted by Crippen LogP contribution is 2.27. The Balaban J connectivity index is 1.88. The molecule has 0 atom stereocenters. The predicted octanol–water partition coefficient (Wildman–Crippen LogP) is 3.45. The van der Waals surface area contributed by atoms with Crippen LogP contribution in [-0.4, -0.2) is 15.9 Å². The van der Waals surface area contributed by atoms with E-state index in [-0.39, 0.29) is 5.91 Å². The number of nitrogens with zero attached hydrogens (tertiary/aromatic N) is 1. The fourth-order valence-corrected chi connectivity index (χ4v) is 2.59. The van der Waals surface area contributed by atoms with Crippen LogP contribution in [0.1, 0.15) is 21.7 Å². The average Bonchev–Trinajstić information content (AvgIpc) is 2.84. The number of amides is 1. The van der Waals surface area contributed by atoms with E-state index in [0.29, 0.717) is 17.1 Å². The Hall–Kier alpha value is -2.33. The number of para-hydroxylation sites is 1. The van der Waals surface area contributed by atoms with Gasteiger partial charge in [0.2, 0.25) is 0 Å². The first-order chi connectivity index (χ1) is 10.2. The maximum Gasteiger partial charge on any atom is 0.254 e. The number of H-pyrrole nitrogens is 1. The van der Waals surface area contributed by atoms with Crippen molar-refractivity contribution in [1.29, 1.82) is 0 Å². The molecular formula is C16H14ClN3O. The van der Waals surface area contributed by atoms with Crippen LogP contribution in [0.3, 0.4) is 0 Å². The zero-order valence-corrected chi connectivity index (χ0v) is 12.2. The van der Waals surface area contributed by atoms with Crippen molar-refractivity contribution in [3.05, 3.63) is 64.6 Å². The molecule has 0 fully saturated rings. The highest BCUT2D eigenvalue weighted by molar-refractivity contribution is 6.35. The maximum absolute atomic E-state index is 12.4. The minimum Gasteiger partial charge on any atom is -0.357 e. The number of aromatic nitrogens is 2. The Kier molecular flexibility index (Phi) is 3.62. The molecule has 21 heavy (non-hydrogen) atoms. The molecule has 0 spiro atoms. The molecule has 3 aromatic rings. The topological polar surface area (TPSA) is 57.8 Å². The Morgan fingerprint density at radius 2 is 2.14 bits per heavy atom. The summed E-state index contributed by atoms with van der Waals surface area (Å²) < 4.78 is 0. The second-order valence-electron chi connectivity index (χ2n) is 4.79. The number of hydrogen-bond donors (Lipinski definition) is 2. The lowest BCUT2D eigenvalue weighted by Gasteiger charge is -2.05. The zero-order valence-electron chi connectivity index (χ0n) is 11.5. The monoisotopic (exact) mass is 299 g/mol. The molecule has 3 rings (SSSR count). The lowest BCUT2D eigenvalue weighted by molar-refractivity contribution is 0.0951. The van der Waals surface area contributed by atoms with Gasteiger partial charge in [-0.3, -0.25) is 9.78 Å². The molecule has 0 aliphatic heterocycles. The SMILES string of the molecule is Cc1[nH]c2c(Cl)cccc2c1C(=O)NCc1ccccn1. The number of pyridine rings is 1. The molecule has 2 N–H and O–H groups in total. The summed E-state index contributed by atoms with van der Waals surface area (Å²) in [5.41, 5.74) is 3.04. The van der Waals surface area contributed by atoms with Crippen LogP contribution in [0.15, 0.2) is 42.6 Å². The van der Waals surface area contributed by atoms with Gasteiger partial charge in [0.25, 0.3) is 5.91 Å². The van der Waals surface area contributed by atoms with E-state index in [1.807, 2.05) is 37.3 Å². The van der Waals surface area contributed by atoms with Crippen LogP contribution in [0.5, 0.6) is 0 Å². The molecule has 0 aliphatic rings. The first-order valence-corrected chi connectivity index (χ1v) is 6.99. The molecule has 0 saturated heterocycles. The number of rotatable bonds is 3. The van der Waals surface area contributed by atoms with Crippen molar-refractivity contribution < 1.29 is 4.79 Å². The predicted molar refractivity (Wildman–Crippen MR) is 83.5 cm³/mol. The van der Waals surface area contributed by atoms with Gasteiger partial charge in [-0.25, -0.2) is 0 Å². The van der Waals surface area contributed by atoms with Crippen LogP contribution >= 0.6 is 11.6 Å². The smallest absolute Gasteiger partial charge is 0.254 e. The third-order valence-electron chi connectivity index (χ3n) is 3.35. The molecule has 1 aromatic carbocycles. The van der Waals surface area contributed by atoms with Crippen molar-refractivity contribution in [1.82, 2.24) is 15.3 Å². The molecule has 0 bridgehead atoms. The van der Waals surface area contributed by atoms with E-state index >= 15 is 0 Å². The lowest BCUT2D eigenvalue weighted by Crippen LogP contribution is -2.23. The molecule has 1 amide bonds. The zero-order chi connectivity index (χ0) is 14.8. The molecule has 106 valence electrons. The molecule has 2 aromatic heterocycles. The number of benzene rings is 1. The fraction of sp³-hybridized carbons (Fsp3) is 0.125. The number of carbonyl (C=O) groups is 1. The highest BCUT2D eigenvalue weighted by Gasteiger charge is 2.17. The molecule has 0 radical (unpaired) electrons. The number of aryl methyl sites for hydroxylation is 1. The lowest BCUT2D eigenvalue weighted by atomic mass is 10.1. The number of aromatic amines is 1. The quantitative estimate of drug-likeness (QED) is 0.778. The second kappa shape index (κ2) is 5.58. The summed E-state index contributed by atoms with van der Waals surface area (Å²) in [7, 11) is 0. The summed E-state index contributed by atoms with van der Waals surface area (Å²) in [5.74, 6) is -0.133. The standard InChI is InChI=1S/C16H14ClN3O/c1-10-14(12-6-4-7-13(17)15(12)20-10)16(21)19-9-11-5-2-3-8-18-11/h2-8,20H,9H2,1H3,(H,19,21). The van der Waals surface area contributed by atoms with E-state index in [4.69, 9.17) is 11.6 Å². The summed E-state index contributed by atoms with van der Waals surface area (Å²) in [5, 5.41) is 4.33. The Labute approximate surface area is 127 Å². The second-order valence-corrected chi connectivity index (χ2v) is 5.20. The molecule has 0 unspecified atom stereocenters. The van der Waals surface area contributed by atoms with Crippen molar-refractivity contribution >= 4 is 28.4 Å². The number of nitrogens with one attached hydrogen (secondary N) is 2. The van der Waals surface area contributed by atoms with Crippen molar-refractivity contribution in [2.75, 3.05) is 0 Å². The van der Waals surface area contributed by atoms with E-state index in [2.05, 4.69) is 15.3 Å². The van der Waals surface area contributed by atoms with Crippen molar-refractivity contribution in [2.24, 2.45) is 0 Å². The minimum absolute atomic E-state index is 0.133. The van der Waals surface area contributed by atoms with Gasteiger partial charge < -0.3 is 10.3 Å². The van der Waals surface area contributed by atoms with Crippen LogP contribution in [0.25, 0.3) is 10.9 Å². The highest BCUT2D eigenvalue weighted by atomic mass is 35.5. The molecule has 5 heteroatoms. The van der Waals surface area contributed by atoms with E-state index in [0.717, 1.165) is 22.3 Å². The summed E-state index contributed by atoms with van der Waals surface area (Å²) in [6, 6.07) is 11.1. The molecule has 2 heterocycles. The van der Waals surface area contributed by atoms with Crippen LogP contribution in [0, 0.1) is 6.92 Å². The van der Waals surface area contributed by atoms with E-state index < -0.39 is 0 Å². The molecular weight excluding hydrogens is 286 g/mol. The van der Waals surface area contributed by atoms with E-state index in [1.54, 1.807) is 12.3 Å². The third kappa shape index (κ3) is 2.62. The largest absolute Gasteiger partial charge is 0.357 e. The van der Waals surface area contributed by atoms with Crippen LogP contribution < -0.4 is 5.32 Å². The van der Waals surface area contributed by atoms with Gasteiger partial charge in [-0.1, -0.05) is 29.8 Å². The number of halogens is 1. The van der Waals surface area contributed by atoms with Gasteiger partial charge in [0, 0.05) is 17.3 Å². The van der Waals surface area contributed by atoms with Gasteiger partial charge in [-0.2, -0.15) is 0 Å². The first-order valence-electron chi connectivity index (χ1n) is 6.61. The van der Waals surface area contributed by atoms with Gasteiger partial charge in [-0.15, -0.1) is 0 Å². The Bertz CT molecular complexity index is 796. The maximum atomic E-state index is 12.4. The average molecular weight is 300 g/mol. The Morgan fingerprint density at radius 3 is 2.90 bits per heavy atom. The number of hydrogen-bond acceptors (Lipinski definition) is 2. The van der Waals surface area contributed by atoms with E-state index in [9.17, 15) is 4.79 Å². The van der Waals surface area contributed by atoms with Crippen LogP contribution in [0.4, 0.5) is 0 Å². The van der Waals surface area contributed by atoms with Crippen LogP contribution in [0.2, 0.25) is 5.02 Å². The summed E-state index contributed by atoms with van der Waals surface area (Å²) in [6.07, 6.45) is 1.71. The van der Waals surface area contributed by atoms with Gasteiger partial charge in [0.1, 0.15) is 0 Å². The number of carbonyl (C=O) groups excluding carboxylic acids is 1. The molecule has 0 aliphatic carbocycles. The third-order valence-corrected chi connectivity index (χ3v) is 3.67. The molecule has 4 nitrogen and oxygen atoms in total. The fourth-order valence-electron chi connectivity index (χ4n) is 2.37. The minimum atomic E-state index is -0.133. The van der Waals surface area contributed by atoms with Gasteiger partial charge in [0.15, 0.2) is 0 Å². The summed E-state index contributed by atoms with van der Waals surface area (Å²) in [4.78, 5) is 19.8. The van der Waals surface area contributed by atoms with Gasteiger partial charge in [-0.05, 0) is 25.1 Å². The van der Waals surface area contributed by atoms with Crippen molar-refractivity contribution in [3.63, 3.8) is 0 Å². The summed E-state index contributed by atoms with van der Waals surface area (Å²) in [6.45, 7) is 2.26. The van der Waals surface area contributed by atoms with E-state index in [1.165, 1.54) is 0 Å². The van der Waals surface area contributed by atoms with Gasteiger partial charge >= 0.3 is 0 Å². The Morgan fingerprint density at radius 1 is 1.29 bits per heavy atom. The first kappa shape index (κ1) is 13.6. The van der Waals surface area contributed by atoms with Crippen LogP contribution in [-0.2, 0) is 6.54 Å². The van der Waals surface area contributed by atoms with Gasteiger partial charge in [0.05, 0.1) is 28.3 Å². The summed E-state index contributed by atoms with van der Waals surface area (Å²) >= 11 is 6.15.